The molecule has 4 rings (SSSR count). The molecule has 0 spiro atoms. The summed E-state index contributed by atoms with van der Waals surface area (Å²) in [5.74, 6) is -1.25. The summed E-state index contributed by atoms with van der Waals surface area (Å²) in [6.07, 6.45) is 0. The van der Waals surface area contributed by atoms with E-state index >= 15 is 0 Å². The average molecular weight is 492 g/mol. The topological polar surface area (TPSA) is 64.0 Å². The minimum Gasteiger partial charge on any atom is -0.351 e. The molecular formula is C22H16ClF2N3O2S2. The van der Waals surface area contributed by atoms with Gasteiger partial charge >= 0.3 is 0 Å². The molecule has 0 atom stereocenters. The van der Waals surface area contributed by atoms with E-state index in [-0.39, 0.29) is 35.3 Å². The Bertz CT molecular complexity index is 1360. The molecule has 2 aromatic carbocycles. The summed E-state index contributed by atoms with van der Waals surface area (Å²) in [5.41, 5.74) is 1.27. The molecule has 10 heteroatoms. The molecular weight excluding hydrogens is 476 g/mol. The van der Waals surface area contributed by atoms with Gasteiger partial charge in [0.15, 0.2) is 5.16 Å². The minimum absolute atomic E-state index is 0.00434. The fourth-order valence-electron chi connectivity index (χ4n) is 3.00. The maximum atomic E-state index is 14.2. The van der Waals surface area contributed by atoms with Crippen LogP contribution in [0.25, 0.3) is 10.2 Å². The van der Waals surface area contributed by atoms with Gasteiger partial charge in [0.25, 0.3) is 5.56 Å². The fourth-order valence-corrected chi connectivity index (χ4v) is 4.81. The normalized spacial score (nSPS) is 11.1. The molecule has 0 aliphatic carbocycles. The number of fused-ring (bicyclic) bond motifs is 1. The number of amides is 1. The number of nitrogens with zero attached hydrogens (tertiary/aromatic N) is 2. The summed E-state index contributed by atoms with van der Waals surface area (Å²) in [5, 5.41) is 4.80. The Labute approximate surface area is 195 Å². The van der Waals surface area contributed by atoms with Gasteiger partial charge in [0, 0.05) is 12.1 Å². The van der Waals surface area contributed by atoms with E-state index in [0.29, 0.717) is 26.5 Å². The van der Waals surface area contributed by atoms with Crippen LogP contribution in [0.2, 0.25) is 5.02 Å². The van der Waals surface area contributed by atoms with Gasteiger partial charge in [-0.1, -0.05) is 47.6 Å². The van der Waals surface area contributed by atoms with Crippen molar-refractivity contribution in [2.24, 2.45) is 0 Å². The van der Waals surface area contributed by atoms with Gasteiger partial charge in [0.05, 0.1) is 22.8 Å². The van der Waals surface area contributed by atoms with Gasteiger partial charge in [-0.15, -0.1) is 11.3 Å². The molecule has 0 aliphatic rings. The lowest BCUT2D eigenvalue weighted by atomic mass is 10.2. The summed E-state index contributed by atoms with van der Waals surface area (Å²) in [6.45, 7) is 0.183. The molecule has 0 radical (unpaired) electrons. The van der Waals surface area contributed by atoms with Crippen molar-refractivity contribution in [1.82, 2.24) is 14.9 Å². The van der Waals surface area contributed by atoms with E-state index in [0.717, 1.165) is 11.8 Å². The highest BCUT2D eigenvalue weighted by Crippen LogP contribution is 2.22. The fraction of sp³-hybridized carbons (Fsp3) is 0.136. The molecule has 0 saturated heterocycles. The van der Waals surface area contributed by atoms with E-state index in [1.54, 1.807) is 29.6 Å². The first-order chi connectivity index (χ1) is 15.4. The van der Waals surface area contributed by atoms with Gasteiger partial charge in [-0.3, -0.25) is 14.2 Å². The highest BCUT2D eigenvalue weighted by molar-refractivity contribution is 7.99. The predicted octanol–water partition coefficient (Wildman–Crippen LogP) is 4.85. The van der Waals surface area contributed by atoms with Gasteiger partial charge in [-0.05, 0) is 35.2 Å². The van der Waals surface area contributed by atoms with Crippen LogP contribution in [0.3, 0.4) is 0 Å². The monoisotopic (exact) mass is 491 g/mol. The van der Waals surface area contributed by atoms with Crippen LogP contribution >= 0.6 is 34.7 Å². The Kier molecular flexibility index (Phi) is 6.88. The maximum absolute atomic E-state index is 14.2. The van der Waals surface area contributed by atoms with Crippen molar-refractivity contribution in [2.75, 3.05) is 5.75 Å². The van der Waals surface area contributed by atoms with Crippen molar-refractivity contribution < 1.29 is 13.6 Å². The van der Waals surface area contributed by atoms with Crippen LogP contribution in [-0.2, 0) is 17.9 Å². The van der Waals surface area contributed by atoms with Crippen molar-refractivity contribution in [3.63, 3.8) is 0 Å². The largest absolute Gasteiger partial charge is 0.351 e. The van der Waals surface area contributed by atoms with Gasteiger partial charge in [-0.25, -0.2) is 13.8 Å². The first-order valence-corrected chi connectivity index (χ1v) is 11.7. The Hall–Kier alpha value is -2.75. The van der Waals surface area contributed by atoms with E-state index in [1.165, 1.54) is 40.2 Å². The lowest BCUT2D eigenvalue weighted by Crippen LogP contribution is -2.27. The number of carbonyl (C=O) groups excluding carboxylic acids is 1. The molecule has 164 valence electrons. The third-order valence-corrected chi connectivity index (χ3v) is 6.78. The second-order valence-corrected chi connectivity index (χ2v) is 9.09. The molecule has 0 aliphatic heterocycles. The first kappa shape index (κ1) is 22.4. The van der Waals surface area contributed by atoms with Crippen LogP contribution in [0, 0.1) is 11.6 Å². The Morgan fingerprint density at radius 1 is 1.16 bits per heavy atom. The van der Waals surface area contributed by atoms with Gasteiger partial charge < -0.3 is 5.32 Å². The van der Waals surface area contributed by atoms with E-state index in [9.17, 15) is 18.4 Å². The van der Waals surface area contributed by atoms with Crippen LogP contribution in [0.5, 0.6) is 0 Å². The smallest absolute Gasteiger partial charge is 0.272 e. The number of halogens is 3. The number of rotatable bonds is 7. The van der Waals surface area contributed by atoms with Crippen LogP contribution in [0.1, 0.15) is 11.1 Å². The zero-order valence-electron chi connectivity index (χ0n) is 16.5. The Balaban J connectivity index is 1.51. The molecule has 0 saturated carbocycles. The van der Waals surface area contributed by atoms with Crippen molar-refractivity contribution >= 4 is 50.8 Å². The molecule has 2 aromatic heterocycles. The number of hydrogen-bond acceptors (Lipinski definition) is 5. The number of thioether (sulfide) groups is 1. The maximum Gasteiger partial charge on any atom is 0.272 e. The quantitative estimate of drug-likeness (QED) is 0.296. The van der Waals surface area contributed by atoms with Crippen molar-refractivity contribution in [3.05, 3.63) is 92.0 Å². The second kappa shape index (κ2) is 9.81. The van der Waals surface area contributed by atoms with Crippen molar-refractivity contribution in [1.29, 1.82) is 0 Å². The molecule has 1 N–H and O–H groups in total. The van der Waals surface area contributed by atoms with Crippen LogP contribution in [0.15, 0.2) is 63.9 Å². The van der Waals surface area contributed by atoms with E-state index < -0.39 is 11.6 Å². The van der Waals surface area contributed by atoms with Crippen LogP contribution in [0.4, 0.5) is 8.78 Å². The standard InChI is InChI=1S/C22H16ClF2N3O2S2/c23-15-9-13(5-6-17(15)25)10-26-19(29)12-32-22-27-18-7-8-31-20(18)21(30)28(22)11-14-3-1-2-4-16(14)24/h1-9H,10-12H2,(H,26,29). The van der Waals surface area contributed by atoms with Crippen LogP contribution in [-0.4, -0.2) is 21.2 Å². The summed E-state index contributed by atoms with van der Waals surface area (Å²) < 4.78 is 29.3. The van der Waals surface area contributed by atoms with Crippen molar-refractivity contribution in [2.45, 2.75) is 18.2 Å². The van der Waals surface area contributed by atoms with Gasteiger partial charge in [0.2, 0.25) is 5.91 Å². The van der Waals surface area contributed by atoms with Gasteiger partial charge in [0.1, 0.15) is 16.3 Å². The van der Waals surface area contributed by atoms with Crippen molar-refractivity contribution in [3.8, 4) is 0 Å². The highest BCUT2D eigenvalue weighted by atomic mass is 35.5. The molecule has 2 heterocycles. The number of hydrogen-bond donors (Lipinski definition) is 1. The van der Waals surface area contributed by atoms with E-state index in [1.807, 2.05) is 0 Å². The zero-order chi connectivity index (χ0) is 22.7. The first-order valence-electron chi connectivity index (χ1n) is 9.47. The molecule has 32 heavy (non-hydrogen) atoms. The van der Waals surface area contributed by atoms with Crippen LogP contribution < -0.4 is 10.9 Å². The molecule has 1 amide bonds. The molecule has 5 nitrogen and oxygen atoms in total. The highest BCUT2D eigenvalue weighted by Gasteiger charge is 2.16. The summed E-state index contributed by atoms with van der Waals surface area (Å²) in [7, 11) is 0. The number of aromatic nitrogens is 2. The molecule has 0 fully saturated rings. The van der Waals surface area contributed by atoms with E-state index in [4.69, 9.17) is 11.6 Å². The number of benzene rings is 2. The Morgan fingerprint density at radius 2 is 1.97 bits per heavy atom. The van der Waals surface area contributed by atoms with Gasteiger partial charge in [-0.2, -0.15) is 0 Å². The molecule has 0 unspecified atom stereocenters. The van der Waals surface area contributed by atoms with E-state index in [2.05, 4.69) is 10.3 Å². The second-order valence-electron chi connectivity index (χ2n) is 6.83. The predicted molar refractivity (Wildman–Crippen MR) is 123 cm³/mol. The number of carbonyl (C=O) groups is 1. The lowest BCUT2D eigenvalue weighted by molar-refractivity contribution is -0.118. The lowest BCUT2D eigenvalue weighted by Gasteiger charge is -2.13. The average Bonchev–Trinajstić information content (AvgIpc) is 3.25. The third kappa shape index (κ3) is 5.01. The zero-order valence-corrected chi connectivity index (χ0v) is 18.9. The molecule has 0 bridgehead atoms. The minimum atomic E-state index is -0.528. The SMILES string of the molecule is O=C(CSc1nc2ccsc2c(=O)n1Cc1ccccc1F)NCc1ccc(F)c(Cl)c1. The summed E-state index contributed by atoms with van der Waals surface area (Å²) in [6, 6.07) is 12.2. The summed E-state index contributed by atoms with van der Waals surface area (Å²) >= 11 is 8.12. The number of thiophene rings is 1. The Morgan fingerprint density at radius 3 is 2.75 bits per heavy atom. The summed E-state index contributed by atoms with van der Waals surface area (Å²) in [4.78, 5) is 29.9. The molecule has 4 aromatic rings. The third-order valence-electron chi connectivity index (χ3n) is 4.62. The number of nitrogens with one attached hydrogen (secondary N) is 1.